The van der Waals surface area contributed by atoms with Crippen LogP contribution in [0.5, 0.6) is 0 Å². The van der Waals surface area contributed by atoms with Gasteiger partial charge in [-0.2, -0.15) is 0 Å². The Morgan fingerprint density at radius 1 is 1.47 bits per heavy atom. The molecule has 78 valence electrons. The van der Waals surface area contributed by atoms with Gasteiger partial charge in [-0.05, 0) is 17.7 Å². The van der Waals surface area contributed by atoms with Crippen molar-refractivity contribution in [2.24, 2.45) is 10.7 Å². The number of hydrogen-bond acceptors (Lipinski definition) is 3. The van der Waals surface area contributed by atoms with Gasteiger partial charge >= 0.3 is 6.03 Å². The molecule has 5 heteroatoms. The van der Waals surface area contributed by atoms with E-state index < -0.39 is 6.03 Å². The molecule has 0 saturated carbocycles. The summed E-state index contributed by atoms with van der Waals surface area (Å²) < 4.78 is 0. The van der Waals surface area contributed by atoms with Gasteiger partial charge in [0.15, 0.2) is 0 Å². The second kappa shape index (κ2) is 4.93. The molecule has 1 aromatic carbocycles. The van der Waals surface area contributed by atoms with Crippen LogP contribution >= 0.6 is 0 Å². The maximum atomic E-state index is 10.8. The summed E-state index contributed by atoms with van der Waals surface area (Å²) in [5.41, 5.74) is 6.67. The Balaban J connectivity index is 2.80. The SMILES string of the molecule is CN(C(N)=O)c1ccc(CN=C=O)cc1. The monoisotopic (exact) mass is 205 g/mol. The number of amides is 2. The van der Waals surface area contributed by atoms with Crippen LogP contribution in [0.4, 0.5) is 10.5 Å². The van der Waals surface area contributed by atoms with E-state index in [1.165, 1.54) is 11.0 Å². The molecule has 0 saturated heterocycles. The normalized spacial score (nSPS) is 9.13. The van der Waals surface area contributed by atoms with Gasteiger partial charge in [-0.25, -0.2) is 14.6 Å². The van der Waals surface area contributed by atoms with Crippen LogP contribution in [0.1, 0.15) is 5.56 Å². The molecule has 0 unspecified atom stereocenters. The molecular weight excluding hydrogens is 194 g/mol. The zero-order valence-corrected chi connectivity index (χ0v) is 8.30. The van der Waals surface area contributed by atoms with Gasteiger partial charge in [0.25, 0.3) is 0 Å². The van der Waals surface area contributed by atoms with Crippen molar-refractivity contribution < 1.29 is 9.59 Å². The molecule has 0 aromatic heterocycles. The van der Waals surface area contributed by atoms with Crippen molar-refractivity contribution in [3.8, 4) is 0 Å². The number of aliphatic imine (C=N–C) groups is 1. The molecule has 0 radical (unpaired) electrons. The molecule has 0 atom stereocenters. The van der Waals surface area contributed by atoms with E-state index in [4.69, 9.17) is 5.73 Å². The third kappa shape index (κ3) is 2.93. The van der Waals surface area contributed by atoms with Gasteiger partial charge in [-0.3, -0.25) is 4.90 Å². The number of carbonyl (C=O) groups is 1. The minimum Gasteiger partial charge on any atom is -0.351 e. The van der Waals surface area contributed by atoms with E-state index in [0.717, 1.165) is 5.56 Å². The second-order valence-electron chi connectivity index (χ2n) is 2.97. The van der Waals surface area contributed by atoms with E-state index in [1.54, 1.807) is 31.3 Å². The summed E-state index contributed by atoms with van der Waals surface area (Å²) >= 11 is 0. The van der Waals surface area contributed by atoms with E-state index in [2.05, 4.69) is 4.99 Å². The number of isocyanates is 1. The topological polar surface area (TPSA) is 75.8 Å². The zero-order valence-electron chi connectivity index (χ0n) is 8.30. The third-order valence-corrected chi connectivity index (χ3v) is 1.98. The van der Waals surface area contributed by atoms with Gasteiger partial charge in [-0.1, -0.05) is 12.1 Å². The zero-order chi connectivity index (χ0) is 11.3. The first-order valence-electron chi connectivity index (χ1n) is 4.31. The molecule has 0 aliphatic heterocycles. The maximum absolute atomic E-state index is 10.8. The summed E-state index contributed by atoms with van der Waals surface area (Å²) in [4.78, 5) is 25.5. The van der Waals surface area contributed by atoms with E-state index in [1.807, 2.05) is 0 Å². The van der Waals surface area contributed by atoms with Crippen molar-refractivity contribution in [3.05, 3.63) is 29.8 Å². The lowest BCUT2D eigenvalue weighted by Gasteiger charge is -2.14. The van der Waals surface area contributed by atoms with Crippen molar-refractivity contribution in [2.75, 3.05) is 11.9 Å². The molecule has 1 rings (SSSR count). The molecule has 5 nitrogen and oxygen atoms in total. The van der Waals surface area contributed by atoms with Crippen molar-refractivity contribution in [1.82, 2.24) is 0 Å². The van der Waals surface area contributed by atoms with Gasteiger partial charge in [0.05, 0.1) is 6.54 Å². The highest BCUT2D eigenvalue weighted by Gasteiger charge is 2.05. The Labute approximate surface area is 87.2 Å². The van der Waals surface area contributed by atoms with Crippen molar-refractivity contribution in [1.29, 1.82) is 0 Å². The van der Waals surface area contributed by atoms with Gasteiger partial charge in [0.1, 0.15) is 0 Å². The lowest BCUT2D eigenvalue weighted by atomic mass is 10.2. The van der Waals surface area contributed by atoms with Crippen molar-refractivity contribution in [3.63, 3.8) is 0 Å². The van der Waals surface area contributed by atoms with E-state index in [0.29, 0.717) is 12.2 Å². The summed E-state index contributed by atoms with van der Waals surface area (Å²) in [6, 6.07) is 6.50. The number of urea groups is 1. The van der Waals surface area contributed by atoms with Crippen LogP contribution in [0.25, 0.3) is 0 Å². The number of hydrogen-bond donors (Lipinski definition) is 1. The Bertz CT molecular complexity index is 394. The molecule has 15 heavy (non-hydrogen) atoms. The Morgan fingerprint density at radius 2 is 2.07 bits per heavy atom. The fourth-order valence-corrected chi connectivity index (χ4v) is 1.08. The number of nitrogens with zero attached hydrogens (tertiary/aromatic N) is 2. The molecule has 2 amide bonds. The number of benzene rings is 1. The minimum atomic E-state index is -0.520. The van der Waals surface area contributed by atoms with Gasteiger partial charge in [0.2, 0.25) is 6.08 Å². The molecule has 0 spiro atoms. The first-order chi connectivity index (χ1) is 7.15. The Morgan fingerprint density at radius 3 is 2.53 bits per heavy atom. The number of nitrogens with two attached hydrogens (primary N) is 1. The standard InChI is InChI=1S/C10H11N3O2/c1-13(10(11)15)9-4-2-8(3-5-9)6-12-7-14/h2-5H,6H2,1H3,(H2,11,15). The highest BCUT2D eigenvalue weighted by Crippen LogP contribution is 2.13. The predicted octanol–water partition coefficient (Wildman–Crippen LogP) is 1.04. The summed E-state index contributed by atoms with van der Waals surface area (Å²) in [5, 5.41) is 0. The molecule has 2 N–H and O–H groups in total. The van der Waals surface area contributed by atoms with Gasteiger partial charge in [0, 0.05) is 12.7 Å². The minimum absolute atomic E-state index is 0.296. The summed E-state index contributed by atoms with van der Waals surface area (Å²) in [6.45, 7) is 0.296. The van der Waals surface area contributed by atoms with Gasteiger partial charge < -0.3 is 5.73 Å². The highest BCUT2D eigenvalue weighted by atomic mass is 16.2. The fraction of sp³-hybridized carbons (Fsp3) is 0.200. The molecule has 0 fully saturated rings. The van der Waals surface area contributed by atoms with Crippen LogP contribution in [0.3, 0.4) is 0 Å². The summed E-state index contributed by atoms with van der Waals surface area (Å²) in [7, 11) is 1.58. The van der Waals surface area contributed by atoms with E-state index >= 15 is 0 Å². The number of carbonyl (C=O) groups excluding carboxylic acids is 2. The van der Waals surface area contributed by atoms with Crippen LogP contribution in [0, 0.1) is 0 Å². The molecule has 0 aliphatic carbocycles. The Hall–Kier alpha value is -2.13. The van der Waals surface area contributed by atoms with E-state index in [9.17, 15) is 9.59 Å². The average Bonchev–Trinajstić information content (AvgIpc) is 2.26. The number of primary amides is 1. The number of anilines is 1. The third-order valence-electron chi connectivity index (χ3n) is 1.98. The first-order valence-corrected chi connectivity index (χ1v) is 4.31. The summed E-state index contributed by atoms with van der Waals surface area (Å²) in [6.07, 6.45) is 1.46. The fourth-order valence-electron chi connectivity index (χ4n) is 1.08. The van der Waals surface area contributed by atoms with Gasteiger partial charge in [-0.15, -0.1) is 0 Å². The van der Waals surface area contributed by atoms with Crippen LogP contribution in [-0.4, -0.2) is 19.2 Å². The summed E-state index contributed by atoms with van der Waals surface area (Å²) in [5.74, 6) is 0. The maximum Gasteiger partial charge on any atom is 0.318 e. The molecule has 0 aliphatic rings. The quantitative estimate of drug-likeness (QED) is 0.591. The Kier molecular flexibility index (Phi) is 3.60. The molecule has 0 bridgehead atoms. The van der Waals surface area contributed by atoms with Crippen molar-refractivity contribution >= 4 is 17.8 Å². The molecule has 1 aromatic rings. The highest BCUT2D eigenvalue weighted by molar-refractivity contribution is 5.89. The average molecular weight is 205 g/mol. The van der Waals surface area contributed by atoms with Crippen LogP contribution in [-0.2, 0) is 11.3 Å². The van der Waals surface area contributed by atoms with Crippen LogP contribution in [0.2, 0.25) is 0 Å². The number of rotatable bonds is 3. The first kappa shape index (κ1) is 10.9. The smallest absolute Gasteiger partial charge is 0.318 e. The van der Waals surface area contributed by atoms with E-state index in [-0.39, 0.29) is 0 Å². The predicted molar refractivity (Wildman–Crippen MR) is 56.3 cm³/mol. The molecular formula is C10H11N3O2. The van der Waals surface area contributed by atoms with Crippen molar-refractivity contribution in [2.45, 2.75) is 6.54 Å². The lowest BCUT2D eigenvalue weighted by Crippen LogP contribution is -2.31. The van der Waals surface area contributed by atoms with Crippen LogP contribution in [0.15, 0.2) is 29.3 Å². The second-order valence-corrected chi connectivity index (χ2v) is 2.97. The molecule has 0 heterocycles. The lowest BCUT2D eigenvalue weighted by molar-refractivity contribution is 0.255. The van der Waals surface area contributed by atoms with Crippen LogP contribution < -0.4 is 10.6 Å². The largest absolute Gasteiger partial charge is 0.351 e.